The molecule has 4 heterocycles. The van der Waals surface area contributed by atoms with Crippen LogP contribution in [0.1, 0.15) is 50.4 Å². The standard InChI is InChI=1S/C42H44BrN5O7S/c43-27-4-2-26(3-5-27)39-38(33-13-7-29(49)25-36(33)56-39)55-31-10-8-30(9-11-31)54-23-22-47-20-18-46(19-21-47)17-1-16-44-28-6-12-32-34(24-28)42(53)48(41(32)52)35-14-15-37(50)45-40(35)51/h2-13,24,29,35,37,44,49-50H,1,14-23,25H2,(H,45,51). The number of hydrogen-bond donors (Lipinski definition) is 4. The van der Waals surface area contributed by atoms with E-state index in [1.165, 1.54) is 0 Å². The summed E-state index contributed by atoms with van der Waals surface area (Å²) in [5.74, 6) is 0.859. The summed E-state index contributed by atoms with van der Waals surface area (Å²) in [5.41, 5.74) is 3.44. The summed E-state index contributed by atoms with van der Waals surface area (Å²) in [5, 5.41) is 25.7. The van der Waals surface area contributed by atoms with Crippen molar-refractivity contribution in [2.24, 2.45) is 0 Å². The zero-order chi connectivity index (χ0) is 38.8. The van der Waals surface area contributed by atoms with Crippen molar-refractivity contribution in [3.63, 3.8) is 0 Å². The van der Waals surface area contributed by atoms with Crippen molar-refractivity contribution >= 4 is 56.8 Å². The number of halogens is 1. The van der Waals surface area contributed by atoms with E-state index < -0.39 is 36.1 Å². The Labute approximate surface area is 337 Å². The second-order valence-electron chi connectivity index (χ2n) is 14.5. The van der Waals surface area contributed by atoms with Gasteiger partial charge in [0.05, 0.1) is 22.1 Å². The van der Waals surface area contributed by atoms with Crippen molar-refractivity contribution in [3.05, 3.63) is 98.8 Å². The Morgan fingerprint density at radius 2 is 1.57 bits per heavy atom. The molecule has 0 bridgehead atoms. The van der Waals surface area contributed by atoms with Gasteiger partial charge in [-0.25, -0.2) is 0 Å². The minimum absolute atomic E-state index is 0.234. The smallest absolute Gasteiger partial charge is 0.262 e. The van der Waals surface area contributed by atoms with Crippen LogP contribution in [0.4, 0.5) is 5.69 Å². The zero-order valence-corrected chi connectivity index (χ0v) is 33.2. The Balaban J connectivity index is 0.753. The molecule has 12 nitrogen and oxygen atoms in total. The van der Waals surface area contributed by atoms with E-state index >= 15 is 0 Å². The van der Waals surface area contributed by atoms with Crippen molar-refractivity contribution < 1.29 is 34.1 Å². The number of aliphatic hydroxyl groups is 2. The van der Waals surface area contributed by atoms with Crippen molar-refractivity contribution in [3.8, 4) is 27.7 Å². The van der Waals surface area contributed by atoms with Gasteiger partial charge in [0.15, 0.2) is 5.75 Å². The van der Waals surface area contributed by atoms with Crippen LogP contribution in [0.3, 0.4) is 0 Å². The molecule has 8 rings (SSSR count). The van der Waals surface area contributed by atoms with Crippen molar-refractivity contribution in [2.75, 3.05) is 57.7 Å². The number of amides is 3. The molecule has 14 heteroatoms. The third kappa shape index (κ3) is 8.41. The van der Waals surface area contributed by atoms with Gasteiger partial charge in [0, 0.05) is 66.3 Å². The Kier molecular flexibility index (Phi) is 11.6. The number of piperidine rings is 1. The molecule has 3 unspecified atom stereocenters. The summed E-state index contributed by atoms with van der Waals surface area (Å²) in [4.78, 5) is 46.6. The Morgan fingerprint density at radius 1 is 0.857 bits per heavy atom. The predicted octanol–water partition coefficient (Wildman–Crippen LogP) is 5.59. The Hall–Kier alpha value is -4.57. The number of benzene rings is 3. The second kappa shape index (κ2) is 16.9. The first-order valence-corrected chi connectivity index (χ1v) is 20.7. The van der Waals surface area contributed by atoms with Gasteiger partial charge < -0.3 is 35.2 Å². The summed E-state index contributed by atoms with van der Waals surface area (Å²) in [6.07, 6.45) is 4.36. The fraction of sp³-hybridized carbons (Fsp3) is 0.357. The third-order valence-electron chi connectivity index (χ3n) is 10.7. The van der Waals surface area contributed by atoms with Crippen molar-refractivity contribution in [2.45, 2.75) is 44.1 Å². The Bertz CT molecular complexity index is 2120. The van der Waals surface area contributed by atoms with E-state index in [9.17, 15) is 24.6 Å². The number of carbonyl (C=O) groups is 3. The number of aliphatic hydroxyl groups excluding tert-OH is 2. The lowest BCUT2D eigenvalue weighted by molar-refractivity contribution is -0.131. The number of piperazine rings is 1. The SMILES string of the molecule is O=C1NC(O)CCC1N1C(=O)c2ccc(NCCCN3CCN(CCOc4ccc(Oc5c(-c6ccc(Br)cc6)sc6c5C=CC(O)C6)cc4)CC3)cc2C1=O. The number of thiophene rings is 1. The highest BCUT2D eigenvalue weighted by Gasteiger charge is 2.44. The van der Waals surface area contributed by atoms with Crippen LogP contribution in [0, 0.1) is 0 Å². The number of fused-ring (bicyclic) bond motifs is 2. The first-order valence-electron chi connectivity index (χ1n) is 19.1. The number of carbonyl (C=O) groups excluding carboxylic acids is 3. The maximum absolute atomic E-state index is 13.1. The molecule has 2 saturated heterocycles. The average molecular weight is 843 g/mol. The lowest BCUT2D eigenvalue weighted by atomic mass is 10.0. The second-order valence-corrected chi connectivity index (χ2v) is 16.5. The van der Waals surface area contributed by atoms with Gasteiger partial charge in [0.25, 0.3) is 11.8 Å². The molecule has 2 fully saturated rings. The largest absolute Gasteiger partial charge is 0.492 e. The molecule has 292 valence electrons. The van der Waals surface area contributed by atoms with Crippen LogP contribution < -0.4 is 20.1 Å². The molecule has 1 aliphatic carbocycles. The normalized spacial score (nSPS) is 21.2. The number of rotatable bonds is 13. The first-order chi connectivity index (χ1) is 27.2. The quantitative estimate of drug-likeness (QED) is 0.0994. The molecule has 4 aliphatic rings. The minimum Gasteiger partial charge on any atom is -0.492 e. The molecule has 3 atom stereocenters. The van der Waals surface area contributed by atoms with Gasteiger partial charge in [0.2, 0.25) is 5.91 Å². The molecule has 56 heavy (non-hydrogen) atoms. The topological polar surface area (TPSA) is 144 Å². The lowest BCUT2D eigenvalue weighted by Gasteiger charge is -2.34. The number of ether oxygens (including phenoxy) is 2. The molecule has 4 N–H and O–H groups in total. The highest BCUT2D eigenvalue weighted by molar-refractivity contribution is 9.10. The average Bonchev–Trinajstić information content (AvgIpc) is 3.67. The van der Waals surface area contributed by atoms with Gasteiger partial charge in [-0.1, -0.05) is 40.2 Å². The van der Waals surface area contributed by atoms with Crippen LogP contribution in [-0.4, -0.2) is 113 Å². The van der Waals surface area contributed by atoms with Crippen LogP contribution in [0.25, 0.3) is 16.5 Å². The summed E-state index contributed by atoms with van der Waals surface area (Å²) in [7, 11) is 0. The van der Waals surface area contributed by atoms with E-state index in [0.29, 0.717) is 30.7 Å². The fourth-order valence-electron chi connectivity index (χ4n) is 7.62. The van der Waals surface area contributed by atoms with Gasteiger partial charge in [-0.15, -0.1) is 11.3 Å². The number of anilines is 1. The zero-order valence-electron chi connectivity index (χ0n) is 30.8. The lowest BCUT2D eigenvalue weighted by Crippen LogP contribution is -2.55. The summed E-state index contributed by atoms with van der Waals surface area (Å²) in [6.45, 7) is 6.99. The van der Waals surface area contributed by atoms with Crippen LogP contribution in [0.15, 0.2) is 77.3 Å². The molecular weight excluding hydrogens is 798 g/mol. The van der Waals surface area contributed by atoms with E-state index in [1.807, 2.05) is 48.6 Å². The molecule has 4 aromatic rings. The van der Waals surface area contributed by atoms with Crippen LogP contribution in [-0.2, 0) is 11.2 Å². The van der Waals surface area contributed by atoms with Crippen LogP contribution in [0.5, 0.6) is 17.2 Å². The van der Waals surface area contributed by atoms with Crippen molar-refractivity contribution in [1.29, 1.82) is 0 Å². The van der Waals surface area contributed by atoms with E-state index in [4.69, 9.17) is 9.47 Å². The maximum Gasteiger partial charge on any atom is 0.262 e. The predicted molar refractivity (Wildman–Crippen MR) is 218 cm³/mol. The minimum atomic E-state index is -0.954. The summed E-state index contributed by atoms with van der Waals surface area (Å²) >= 11 is 5.19. The van der Waals surface area contributed by atoms with Crippen molar-refractivity contribution in [1.82, 2.24) is 20.0 Å². The monoisotopic (exact) mass is 841 g/mol. The number of hydrogen-bond acceptors (Lipinski definition) is 11. The van der Waals surface area contributed by atoms with Gasteiger partial charge in [-0.2, -0.15) is 0 Å². The molecule has 0 spiro atoms. The highest BCUT2D eigenvalue weighted by atomic mass is 79.9. The molecule has 3 aromatic carbocycles. The van der Waals surface area contributed by atoms with E-state index in [2.05, 4.69) is 48.5 Å². The van der Waals surface area contributed by atoms with Gasteiger partial charge in [0.1, 0.15) is 30.4 Å². The first kappa shape index (κ1) is 38.3. The number of nitrogens with one attached hydrogen (secondary N) is 2. The van der Waals surface area contributed by atoms with E-state index in [-0.39, 0.29) is 12.8 Å². The maximum atomic E-state index is 13.1. The number of nitrogens with zero attached hydrogens (tertiary/aromatic N) is 3. The van der Waals surface area contributed by atoms with Crippen LogP contribution in [0.2, 0.25) is 0 Å². The molecule has 1 aromatic heterocycles. The summed E-state index contributed by atoms with van der Waals surface area (Å²) < 4.78 is 13.6. The molecule has 0 radical (unpaired) electrons. The van der Waals surface area contributed by atoms with E-state index in [1.54, 1.807) is 29.5 Å². The Morgan fingerprint density at radius 3 is 2.32 bits per heavy atom. The van der Waals surface area contributed by atoms with Crippen LogP contribution >= 0.6 is 27.3 Å². The number of imide groups is 1. The van der Waals surface area contributed by atoms with Gasteiger partial charge in [-0.05, 0) is 86.0 Å². The summed E-state index contributed by atoms with van der Waals surface area (Å²) in [6, 6.07) is 20.2. The van der Waals surface area contributed by atoms with E-state index in [0.717, 1.165) is 98.9 Å². The van der Waals surface area contributed by atoms with Gasteiger partial charge in [-0.3, -0.25) is 24.2 Å². The molecule has 3 amide bonds. The molecule has 3 aliphatic heterocycles. The molecule has 0 saturated carbocycles. The fourth-order valence-corrected chi connectivity index (χ4v) is 9.15. The highest BCUT2D eigenvalue weighted by Crippen LogP contribution is 2.47. The van der Waals surface area contributed by atoms with Gasteiger partial charge >= 0.3 is 0 Å². The third-order valence-corrected chi connectivity index (χ3v) is 12.5. The molecular formula is C42H44BrN5O7S.